The average Bonchev–Trinajstić information content (AvgIpc) is 2.73. The van der Waals surface area contributed by atoms with Crippen LogP contribution in [-0.4, -0.2) is 12.1 Å². The SMILES string of the molecule is CCC1CCC(CN)(Nc2cccc(Cl)c2)C1. The average molecular weight is 253 g/mol. The van der Waals surface area contributed by atoms with Crippen LogP contribution in [0.2, 0.25) is 5.02 Å². The van der Waals surface area contributed by atoms with Crippen molar-refractivity contribution < 1.29 is 0 Å². The van der Waals surface area contributed by atoms with Crippen molar-refractivity contribution in [3.8, 4) is 0 Å². The van der Waals surface area contributed by atoms with Gasteiger partial charge in [-0.2, -0.15) is 0 Å². The molecule has 0 amide bonds. The van der Waals surface area contributed by atoms with Crippen molar-refractivity contribution in [3.63, 3.8) is 0 Å². The molecular weight excluding hydrogens is 232 g/mol. The van der Waals surface area contributed by atoms with E-state index in [2.05, 4.69) is 18.3 Å². The van der Waals surface area contributed by atoms with Crippen molar-refractivity contribution in [1.29, 1.82) is 0 Å². The molecule has 0 spiro atoms. The minimum Gasteiger partial charge on any atom is -0.378 e. The van der Waals surface area contributed by atoms with Gasteiger partial charge in [-0.25, -0.2) is 0 Å². The maximum absolute atomic E-state index is 6.00. The molecular formula is C14H21ClN2. The monoisotopic (exact) mass is 252 g/mol. The highest BCUT2D eigenvalue weighted by atomic mass is 35.5. The lowest BCUT2D eigenvalue weighted by molar-refractivity contribution is 0.450. The van der Waals surface area contributed by atoms with E-state index in [1.807, 2.05) is 18.2 Å². The van der Waals surface area contributed by atoms with Crippen LogP contribution in [0.15, 0.2) is 24.3 Å². The van der Waals surface area contributed by atoms with Gasteiger partial charge in [0.15, 0.2) is 0 Å². The molecule has 2 rings (SSSR count). The van der Waals surface area contributed by atoms with Gasteiger partial charge in [0.25, 0.3) is 0 Å². The van der Waals surface area contributed by atoms with Crippen LogP contribution in [0.1, 0.15) is 32.6 Å². The fraction of sp³-hybridized carbons (Fsp3) is 0.571. The van der Waals surface area contributed by atoms with E-state index < -0.39 is 0 Å². The number of rotatable bonds is 4. The third kappa shape index (κ3) is 2.93. The zero-order valence-electron chi connectivity index (χ0n) is 10.4. The van der Waals surface area contributed by atoms with E-state index in [4.69, 9.17) is 17.3 Å². The number of benzene rings is 1. The highest BCUT2D eigenvalue weighted by molar-refractivity contribution is 6.30. The number of nitrogens with one attached hydrogen (secondary N) is 1. The number of nitrogens with two attached hydrogens (primary N) is 1. The molecule has 1 aromatic rings. The first-order valence-corrected chi connectivity index (χ1v) is 6.79. The number of hydrogen-bond donors (Lipinski definition) is 2. The second kappa shape index (κ2) is 5.28. The van der Waals surface area contributed by atoms with Crippen LogP contribution in [0.5, 0.6) is 0 Å². The molecule has 2 unspecified atom stereocenters. The lowest BCUT2D eigenvalue weighted by Gasteiger charge is -2.30. The molecule has 0 radical (unpaired) electrons. The van der Waals surface area contributed by atoms with Crippen LogP contribution in [0.25, 0.3) is 0 Å². The molecule has 0 aromatic heterocycles. The van der Waals surface area contributed by atoms with Gasteiger partial charge in [-0.1, -0.05) is 31.0 Å². The standard InChI is InChI=1S/C14H21ClN2/c1-2-11-6-7-14(9-11,10-16)17-13-5-3-4-12(15)8-13/h3-5,8,11,17H,2,6-7,9-10,16H2,1H3. The summed E-state index contributed by atoms with van der Waals surface area (Å²) in [6.07, 6.45) is 4.86. The van der Waals surface area contributed by atoms with Crippen molar-refractivity contribution in [3.05, 3.63) is 29.3 Å². The van der Waals surface area contributed by atoms with Crippen LogP contribution < -0.4 is 11.1 Å². The van der Waals surface area contributed by atoms with Crippen LogP contribution >= 0.6 is 11.6 Å². The van der Waals surface area contributed by atoms with E-state index in [-0.39, 0.29) is 5.54 Å². The van der Waals surface area contributed by atoms with E-state index in [0.29, 0.717) is 6.54 Å². The predicted octanol–water partition coefficient (Wildman–Crippen LogP) is 3.66. The Balaban J connectivity index is 2.10. The minimum atomic E-state index is 0.0748. The van der Waals surface area contributed by atoms with Crippen molar-refractivity contribution in [2.45, 2.75) is 38.1 Å². The van der Waals surface area contributed by atoms with Gasteiger partial charge in [0.2, 0.25) is 0 Å². The summed E-state index contributed by atoms with van der Waals surface area (Å²) in [5.41, 5.74) is 7.13. The highest BCUT2D eigenvalue weighted by Crippen LogP contribution is 2.38. The van der Waals surface area contributed by atoms with Gasteiger partial charge in [-0.05, 0) is 43.4 Å². The van der Waals surface area contributed by atoms with E-state index in [9.17, 15) is 0 Å². The van der Waals surface area contributed by atoms with Gasteiger partial charge in [-0.15, -0.1) is 0 Å². The van der Waals surface area contributed by atoms with E-state index in [0.717, 1.165) is 23.0 Å². The first-order valence-electron chi connectivity index (χ1n) is 6.41. The Labute approximate surface area is 109 Å². The summed E-state index contributed by atoms with van der Waals surface area (Å²) in [7, 11) is 0. The minimum absolute atomic E-state index is 0.0748. The van der Waals surface area contributed by atoms with Crippen LogP contribution in [0, 0.1) is 5.92 Å². The first kappa shape index (κ1) is 12.7. The molecule has 1 aliphatic rings. The smallest absolute Gasteiger partial charge is 0.0498 e. The molecule has 1 aromatic carbocycles. The molecule has 0 heterocycles. The molecule has 1 fully saturated rings. The van der Waals surface area contributed by atoms with Crippen molar-refractivity contribution in [2.75, 3.05) is 11.9 Å². The van der Waals surface area contributed by atoms with E-state index in [1.54, 1.807) is 0 Å². The maximum Gasteiger partial charge on any atom is 0.0498 e. The lowest BCUT2D eigenvalue weighted by atomic mass is 9.94. The molecule has 0 bridgehead atoms. The molecule has 0 saturated heterocycles. The second-order valence-electron chi connectivity index (χ2n) is 5.14. The summed E-state index contributed by atoms with van der Waals surface area (Å²) in [6, 6.07) is 7.90. The Hall–Kier alpha value is -0.730. The van der Waals surface area contributed by atoms with Crippen LogP contribution in [0.3, 0.4) is 0 Å². The van der Waals surface area contributed by atoms with Gasteiger partial charge in [-0.3, -0.25) is 0 Å². The summed E-state index contributed by atoms with van der Waals surface area (Å²) in [6.45, 7) is 2.95. The molecule has 3 N–H and O–H groups in total. The van der Waals surface area contributed by atoms with Gasteiger partial charge >= 0.3 is 0 Å². The van der Waals surface area contributed by atoms with E-state index >= 15 is 0 Å². The fourth-order valence-corrected chi connectivity index (χ4v) is 3.00. The van der Waals surface area contributed by atoms with Crippen LogP contribution in [-0.2, 0) is 0 Å². The molecule has 0 aliphatic heterocycles. The second-order valence-corrected chi connectivity index (χ2v) is 5.57. The van der Waals surface area contributed by atoms with Crippen molar-refractivity contribution in [2.24, 2.45) is 11.7 Å². The Bertz CT molecular complexity index is 380. The summed E-state index contributed by atoms with van der Waals surface area (Å²) in [4.78, 5) is 0. The Morgan fingerprint density at radius 2 is 2.35 bits per heavy atom. The third-order valence-electron chi connectivity index (χ3n) is 3.91. The largest absolute Gasteiger partial charge is 0.378 e. The van der Waals surface area contributed by atoms with Gasteiger partial charge in [0.05, 0.1) is 0 Å². The van der Waals surface area contributed by atoms with Crippen LogP contribution in [0.4, 0.5) is 5.69 Å². The van der Waals surface area contributed by atoms with Crippen molar-refractivity contribution in [1.82, 2.24) is 0 Å². The molecule has 2 nitrogen and oxygen atoms in total. The third-order valence-corrected chi connectivity index (χ3v) is 4.15. The Morgan fingerprint density at radius 3 is 2.94 bits per heavy atom. The predicted molar refractivity (Wildman–Crippen MR) is 74.5 cm³/mol. The first-order chi connectivity index (χ1) is 8.17. The molecule has 2 atom stereocenters. The maximum atomic E-state index is 6.00. The molecule has 1 saturated carbocycles. The highest BCUT2D eigenvalue weighted by Gasteiger charge is 2.37. The summed E-state index contributed by atoms with van der Waals surface area (Å²) in [5.74, 6) is 0.810. The number of halogens is 1. The quantitative estimate of drug-likeness (QED) is 0.858. The molecule has 3 heteroatoms. The zero-order valence-corrected chi connectivity index (χ0v) is 11.1. The van der Waals surface area contributed by atoms with Gasteiger partial charge in [0.1, 0.15) is 0 Å². The fourth-order valence-electron chi connectivity index (χ4n) is 2.81. The number of hydrogen-bond acceptors (Lipinski definition) is 2. The normalized spacial score (nSPS) is 28.3. The lowest BCUT2D eigenvalue weighted by Crippen LogP contribution is -2.43. The topological polar surface area (TPSA) is 38.0 Å². The Kier molecular flexibility index (Phi) is 3.95. The summed E-state index contributed by atoms with van der Waals surface area (Å²) >= 11 is 6.00. The zero-order chi connectivity index (χ0) is 12.3. The number of anilines is 1. The van der Waals surface area contributed by atoms with Gasteiger partial charge in [0, 0.05) is 22.8 Å². The molecule has 17 heavy (non-hydrogen) atoms. The molecule has 1 aliphatic carbocycles. The van der Waals surface area contributed by atoms with E-state index in [1.165, 1.54) is 19.3 Å². The summed E-state index contributed by atoms with van der Waals surface area (Å²) < 4.78 is 0. The molecule has 94 valence electrons. The van der Waals surface area contributed by atoms with Crippen molar-refractivity contribution >= 4 is 17.3 Å². The Morgan fingerprint density at radius 1 is 1.53 bits per heavy atom. The van der Waals surface area contributed by atoms with Gasteiger partial charge < -0.3 is 11.1 Å². The summed E-state index contributed by atoms with van der Waals surface area (Å²) in [5, 5.41) is 4.37.